The molecule has 100 valence electrons. The monoisotopic (exact) mass is 291 g/mol. The molecule has 0 spiro atoms. The maximum Gasteiger partial charge on any atom is 0.231 e. The summed E-state index contributed by atoms with van der Waals surface area (Å²) in [5, 5.41) is 3.52. The molecule has 0 saturated carbocycles. The zero-order valence-corrected chi connectivity index (χ0v) is 11.6. The van der Waals surface area contributed by atoms with Crippen molar-refractivity contribution >= 4 is 27.1 Å². The van der Waals surface area contributed by atoms with Crippen LogP contribution in [-0.2, 0) is 9.84 Å². The van der Waals surface area contributed by atoms with Gasteiger partial charge in [0.2, 0.25) is 6.79 Å². The maximum atomic E-state index is 11.2. The molecule has 0 aromatic heterocycles. The Kier molecular flexibility index (Phi) is 3.59. The van der Waals surface area contributed by atoms with E-state index in [4.69, 9.17) is 21.1 Å². The van der Waals surface area contributed by atoms with Crippen LogP contribution < -0.4 is 14.8 Å². The van der Waals surface area contributed by atoms with Crippen LogP contribution in [0.25, 0.3) is 0 Å². The molecule has 0 radical (unpaired) electrons. The standard InChI is InChI=1S/C11H14ClNO4S/c1-7(5-18(2,14)15)13-9-4-11-10(3-8(9)12)16-6-17-11/h3-4,7,13H,5-6H2,1-2H3. The van der Waals surface area contributed by atoms with Crippen LogP contribution in [0.2, 0.25) is 5.02 Å². The summed E-state index contributed by atoms with van der Waals surface area (Å²) in [4.78, 5) is 0. The van der Waals surface area contributed by atoms with E-state index in [0.29, 0.717) is 22.2 Å². The number of anilines is 1. The Bertz CT molecular complexity index is 558. The number of halogens is 1. The molecule has 1 unspecified atom stereocenters. The molecule has 0 amide bonds. The molecule has 18 heavy (non-hydrogen) atoms. The average Bonchev–Trinajstić information content (AvgIpc) is 2.62. The van der Waals surface area contributed by atoms with Crippen molar-refractivity contribution in [3.05, 3.63) is 17.2 Å². The molecule has 0 aliphatic carbocycles. The van der Waals surface area contributed by atoms with E-state index in [9.17, 15) is 8.42 Å². The predicted octanol–water partition coefficient (Wildman–Crippen LogP) is 1.91. The van der Waals surface area contributed by atoms with Gasteiger partial charge >= 0.3 is 0 Å². The van der Waals surface area contributed by atoms with Crippen LogP contribution in [0, 0.1) is 0 Å². The first kappa shape index (κ1) is 13.3. The second-order valence-corrected chi connectivity index (χ2v) is 6.92. The number of fused-ring (bicyclic) bond motifs is 1. The number of rotatable bonds is 4. The summed E-state index contributed by atoms with van der Waals surface area (Å²) in [5.41, 5.74) is 0.636. The van der Waals surface area contributed by atoms with Crippen LogP contribution in [0.15, 0.2) is 12.1 Å². The lowest BCUT2D eigenvalue weighted by Gasteiger charge is -2.15. The SMILES string of the molecule is CC(CS(C)(=O)=O)Nc1cc2c(cc1Cl)OCO2. The lowest BCUT2D eigenvalue weighted by atomic mass is 10.2. The molecule has 5 nitrogen and oxygen atoms in total. The largest absolute Gasteiger partial charge is 0.454 e. The Morgan fingerprint density at radius 1 is 1.39 bits per heavy atom. The van der Waals surface area contributed by atoms with Gasteiger partial charge in [0.25, 0.3) is 0 Å². The molecule has 1 aliphatic rings. The average molecular weight is 292 g/mol. The first-order valence-electron chi connectivity index (χ1n) is 5.38. The van der Waals surface area contributed by atoms with Gasteiger partial charge in [0.05, 0.1) is 16.5 Å². The van der Waals surface area contributed by atoms with Gasteiger partial charge < -0.3 is 14.8 Å². The number of ether oxygens (including phenoxy) is 2. The molecule has 2 rings (SSSR count). The Balaban J connectivity index is 2.14. The van der Waals surface area contributed by atoms with E-state index >= 15 is 0 Å². The molecule has 0 fully saturated rings. The molecule has 1 aliphatic heterocycles. The molecule has 0 bridgehead atoms. The second kappa shape index (κ2) is 4.85. The highest BCUT2D eigenvalue weighted by Crippen LogP contribution is 2.39. The van der Waals surface area contributed by atoms with E-state index in [0.717, 1.165) is 0 Å². The molecular formula is C11H14ClNO4S. The second-order valence-electron chi connectivity index (χ2n) is 4.32. The van der Waals surface area contributed by atoms with Gasteiger partial charge in [-0.1, -0.05) is 11.6 Å². The molecule has 0 saturated heterocycles. The van der Waals surface area contributed by atoms with Crippen molar-refractivity contribution in [2.75, 3.05) is 24.1 Å². The third-order valence-corrected chi connectivity index (χ3v) is 3.84. The fourth-order valence-corrected chi connectivity index (χ4v) is 2.99. The summed E-state index contributed by atoms with van der Waals surface area (Å²) >= 11 is 6.08. The smallest absolute Gasteiger partial charge is 0.231 e. The molecule has 1 atom stereocenters. The van der Waals surface area contributed by atoms with Crippen molar-refractivity contribution in [3.63, 3.8) is 0 Å². The minimum Gasteiger partial charge on any atom is -0.454 e. The lowest BCUT2D eigenvalue weighted by molar-refractivity contribution is 0.174. The third kappa shape index (κ3) is 3.20. The van der Waals surface area contributed by atoms with Crippen molar-refractivity contribution in [3.8, 4) is 11.5 Å². The highest BCUT2D eigenvalue weighted by atomic mass is 35.5. The van der Waals surface area contributed by atoms with E-state index in [1.54, 1.807) is 19.1 Å². The maximum absolute atomic E-state index is 11.2. The fraction of sp³-hybridized carbons (Fsp3) is 0.455. The fourth-order valence-electron chi connectivity index (χ4n) is 1.79. The molecule has 1 aromatic carbocycles. The predicted molar refractivity (Wildman–Crippen MR) is 70.4 cm³/mol. The van der Waals surface area contributed by atoms with Crippen LogP contribution >= 0.6 is 11.6 Å². The number of sulfone groups is 1. The summed E-state index contributed by atoms with van der Waals surface area (Å²) in [7, 11) is -3.03. The van der Waals surface area contributed by atoms with E-state index in [-0.39, 0.29) is 18.6 Å². The number of hydrogen-bond acceptors (Lipinski definition) is 5. The summed E-state index contributed by atoms with van der Waals surface area (Å²) < 4.78 is 32.8. The molecule has 1 N–H and O–H groups in total. The molecule has 1 heterocycles. The minimum absolute atomic E-state index is 0.0395. The van der Waals surface area contributed by atoms with Gasteiger partial charge in [-0.05, 0) is 6.92 Å². The van der Waals surface area contributed by atoms with Crippen molar-refractivity contribution in [1.82, 2.24) is 0 Å². The first-order chi connectivity index (χ1) is 8.35. The summed E-state index contributed by atoms with van der Waals surface area (Å²) in [5.74, 6) is 1.24. The Hall–Kier alpha value is -1.14. The number of hydrogen-bond donors (Lipinski definition) is 1. The summed E-state index contributed by atoms with van der Waals surface area (Å²) in [6.45, 7) is 1.95. The summed E-state index contributed by atoms with van der Waals surface area (Å²) in [6.07, 6.45) is 1.20. The van der Waals surface area contributed by atoms with Crippen LogP contribution in [0.3, 0.4) is 0 Å². The Morgan fingerprint density at radius 2 is 2.00 bits per heavy atom. The highest BCUT2D eigenvalue weighted by Gasteiger charge is 2.18. The van der Waals surface area contributed by atoms with Crippen LogP contribution in [-0.4, -0.2) is 33.3 Å². The van der Waals surface area contributed by atoms with Crippen molar-refractivity contribution in [2.24, 2.45) is 0 Å². The lowest BCUT2D eigenvalue weighted by Crippen LogP contribution is -2.25. The highest BCUT2D eigenvalue weighted by molar-refractivity contribution is 7.90. The zero-order valence-electron chi connectivity index (χ0n) is 10.1. The van der Waals surface area contributed by atoms with Gasteiger partial charge in [-0.3, -0.25) is 0 Å². The van der Waals surface area contributed by atoms with Gasteiger partial charge in [0, 0.05) is 24.4 Å². The van der Waals surface area contributed by atoms with Gasteiger partial charge in [-0.15, -0.1) is 0 Å². The summed E-state index contributed by atoms with van der Waals surface area (Å²) in [6, 6.07) is 3.13. The van der Waals surface area contributed by atoms with Gasteiger partial charge in [0.15, 0.2) is 11.5 Å². The van der Waals surface area contributed by atoms with Crippen LogP contribution in [0.1, 0.15) is 6.92 Å². The van der Waals surface area contributed by atoms with E-state index in [2.05, 4.69) is 5.32 Å². The number of nitrogens with one attached hydrogen (secondary N) is 1. The first-order valence-corrected chi connectivity index (χ1v) is 7.82. The Labute approximate surface area is 111 Å². The van der Waals surface area contributed by atoms with Crippen LogP contribution in [0.4, 0.5) is 5.69 Å². The van der Waals surface area contributed by atoms with Crippen LogP contribution in [0.5, 0.6) is 11.5 Å². The zero-order chi connectivity index (χ0) is 13.3. The van der Waals surface area contributed by atoms with Gasteiger partial charge in [-0.25, -0.2) is 8.42 Å². The van der Waals surface area contributed by atoms with E-state index < -0.39 is 9.84 Å². The van der Waals surface area contributed by atoms with Crippen molar-refractivity contribution < 1.29 is 17.9 Å². The van der Waals surface area contributed by atoms with Crippen molar-refractivity contribution in [2.45, 2.75) is 13.0 Å². The topological polar surface area (TPSA) is 64.6 Å². The Morgan fingerprint density at radius 3 is 2.61 bits per heavy atom. The van der Waals surface area contributed by atoms with E-state index in [1.165, 1.54) is 6.26 Å². The van der Waals surface area contributed by atoms with Gasteiger partial charge in [-0.2, -0.15) is 0 Å². The normalized spacial score (nSPS) is 15.5. The van der Waals surface area contributed by atoms with E-state index in [1.807, 2.05) is 0 Å². The molecule has 7 heteroatoms. The minimum atomic E-state index is -3.03. The molecule has 1 aromatic rings. The van der Waals surface area contributed by atoms with Crippen molar-refractivity contribution in [1.29, 1.82) is 0 Å². The number of benzene rings is 1. The van der Waals surface area contributed by atoms with Gasteiger partial charge in [0.1, 0.15) is 9.84 Å². The third-order valence-electron chi connectivity index (χ3n) is 2.42. The quantitative estimate of drug-likeness (QED) is 0.918. The molecular weight excluding hydrogens is 278 g/mol.